The van der Waals surface area contributed by atoms with Gasteiger partial charge in [-0.15, -0.1) is 0 Å². The third-order valence-corrected chi connectivity index (χ3v) is 9.71. The summed E-state index contributed by atoms with van der Waals surface area (Å²) in [5.41, 5.74) is 0. The molecule has 0 N–H and O–H groups in total. The van der Waals surface area contributed by atoms with Gasteiger partial charge in [0, 0.05) is 6.92 Å². The lowest BCUT2D eigenvalue weighted by Crippen LogP contribution is -2.69. The molecule has 0 saturated carbocycles. The summed E-state index contributed by atoms with van der Waals surface area (Å²) in [7, 11) is -3.83. The van der Waals surface area contributed by atoms with E-state index in [1.165, 1.54) is 20.8 Å². The highest BCUT2D eigenvalue weighted by molar-refractivity contribution is 14.1. The lowest BCUT2D eigenvalue weighted by molar-refractivity contribution is -0.192. The van der Waals surface area contributed by atoms with Gasteiger partial charge in [-0.05, 0) is 13.8 Å². The molecule has 0 bridgehead atoms. The number of halogens is 2. The Morgan fingerprint density at radius 1 is 1.24 bits per heavy atom. The Kier molecular flexibility index (Phi) is 5.28. The maximum Gasteiger partial charge on any atom is 0.333 e. The first-order valence-electron chi connectivity index (χ1n) is 7.52. The second-order valence-electron chi connectivity index (χ2n) is 6.83. The zero-order valence-electron chi connectivity index (χ0n) is 14.3. The number of sulfone groups is 1. The SMILES string of the molecule is CC(OC(=O)C(C)C)OC(=O)[C@@H]1N2C(=O)[C@@](Br)(I)[C@H]2S(=O)(=O)C1(C)C. The fourth-order valence-electron chi connectivity index (χ4n) is 2.82. The van der Waals surface area contributed by atoms with Crippen LogP contribution in [0, 0.1) is 5.92 Å². The third-order valence-electron chi connectivity index (χ3n) is 4.31. The van der Waals surface area contributed by atoms with Crippen LogP contribution in [0.25, 0.3) is 0 Å². The lowest BCUT2D eigenvalue weighted by Gasteiger charge is -2.45. The van der Waals surface area contributed by atoms with Crippen molar-refractivity contribution in [2.24, 2.45) is 5.92 Å². The van der Waals surface area contributed by atoms with Crippen LogP contribution in [0.4, 0.5) is 0 Å². The number of nitrogens with zero attached hydrogens (tertiary/aromatic N) is 1. The summed E-state index contributed by atoms with van der Waals surface area (Å²) in [6.07, 6.45) is -1.19. The summed E-state index contributed by atoms with van der Waals surface area (Å²) < 4.78 is 32.8. The average molecular weight is 552 g/mol. The molecule has 142 valence electrons. The number of β-lactam (4-membered cyclic amide) rings is 1. The fourth-order valence-corrected chi connectivity index (χ4v) is 7.67. The topological polar surface area (TPSA) is 107 Å². The molecule has 0 aromatic heterocycles. The largest absolute Gasteiger partial charge is 0.425 e. The van der Waals surface area contributed by atoms with E-state index in [2.05, 4.69) is 15.9 Å². The quantitative estimate of drug-likeness (QED) is 0.171. The minimum atomic E-state index is -3.83. The van der Waals surface area contributed by atoms with Gasteiger partial charge < -0.3 is 14.4 Å². The molecule has 1 amide bonds. The first-order chi connectivity index (χ1) is 11.2. The zero-order valence-corrected chi connectivity index (χ0v) is 18.8. The van der Waals surface area contributed by atoms with Crippen molar-refractivity contribution in [3.63, 3.8) is 0 Å². The van der Waals surface area contributed by atoms with Gasteiger partial charge >= 0.3 is 11.9 Å². The highest BCUT2D eigenvalue weighted by Crippen LogP contribution is 2.57. The number of carbonyl (C=O) groups is 3. The standard InChI is InChI=1S/C14H19BrINO7S/c1-6(2)9(18)23-7(3)24-10(19)8-13(4,5)25(21,22)12-14(15,16)11(20)17(8)12/h6-8,12H,1-5H3/t7?,8-,12+,14+/m0/s1. The second kappa shape index (κ2) is 6.32. The zero-order chi connectivity index (χ0) is 19.5. The van der Waals surface area contributed by atoms with Crippen LogP contribution in [-0.2, 0) is 33.7 Å². The van der Waals surface area contributed by atoms with E-state index in [-0.39, 0.29) is 0 Å². The summed E-state index contributed by atoms with van der Waals surface area (Å²) in [4.78, 5) is 37.5. The van der Waals surface area contributed by atoms with Crippen LogP contribution in [-0.4, -0.2) is 55.9 Å². The molecule has 2 rings (SSSR count). The van der Waals surface area contributed by atoms with E-state index in [4.69, 9.17) is 9.47 Å². The minimum Gasteiger partial charge on any atom is -0.425 e. The number of amides is 1. The van der Waals surface area contributed by atoms with E-state index >= 15 is 0 Å². The Morgan fingerprint density at radius 3 is 2.24 bits per heavy atom. The highest BCUT2D eigenvalue weighted by Gasteiger charge is 2.77. The summed E-state index contributed by atoms with van der Waals surface area (Å²) in [6, 6.07) is -1.31. The maximum atomic E-state index is 12.8. The van der Waals surface area contributed by atoms with Crippen LogP contribution < -0.4 is 0 Å². The molecule has 0 radical (unpaired) electrons. The molecule has 0 aliphatic carbocycles. The van der Waals surface area contributed by atoms with Crippen molar-refractivity contribution in [2.45, 2.75) is 59.4 Å². The molecule has 0 spiro atoms. The van der Waals surface area contributed by atoms with Crippen LogP contribution in [0.2, 0.25) is 0 Å². The normalized spacial score (nSPS) is 33.4. The molecule has 11 heteroatoms. The molecule has 2 aliphatic rings. The number of hydrogen-bond acceptors (Lipinski definition) is 7. The van der Waals surface area contributed by atoms with Crippen LogP contribution in [0.1, 0.15) is 34.6 Å². The Bertz CT molecular complexity index is 733. The van der Waals surface area contributed by atoms with Gasteiger partial charge in [0.2, 0.25) is 6.29 Å². The maximum absolute atomic E-state index is 12.8. The molecule has 8 nitrogen and oxygen atoms in total. The predicted octanol–water partition coefficient (Wildman–Crippen LogP) is 1.34. The Labute approximate surface area is 168 Å². The molecule has 2 aliphatic heterocycles. The predicted molar refractivity (Wildman–Crippen MR) is 99.6 cm³/mol. The second-order valence-corrected chi connectivity index (χ2v) is 13.9. The van der Waals surface area contributed by atoms with Crippen molar-refractivity contribution in [1.82, 2.24) is 4.90 Å². The van der Waals surface area contributed by atoms with Crippen LogP contribution in [0.3, 0.4) is 0 Å². The monoisotopic (exact) mass is 551 g/mol. The first-order valence-corrected chi connectivity index (χ1v) is 10.9. The van der Waals surface area contributed by atoms with Gasteiger partial charge in [0.05, 0.1) is 5.92 Å². The Balaban J connectivity index is 2.25. The summed E-state index contributed by atoms with van der Waals surface area (Å²) in [5, 5.41) is -1.16. The van der Waals surface area contributed by atoms with Crippen molar-refractivity contribution in [3.8, 4) is 0 Å². The molecule has 2 saturated heterocycles. The van der Waals surface area contributed by atoms with Crippen molar-refractivity contribution >= 4 is 66.2 Å². The van der Waals surface area contributed by atoms with Crippen molar-refractivity contribution in [1.29, 1.82) is 0 Å². The van der Waals surface area contributed by atoms with E-state index in [1.54, 1.807) is 36.4 Å². The molecule has 2 heterocycles. The molecule has 0 aromatic rings. The van der Waals surface area contributed by atoms with Gasteiger partial charge in [-0.25, -0.2) is 13.2 Å². The first kappa shape index (κ1) is 20.9. The van der Waals surface area contributed by atoms with Gasteiger partial charge in [0.25, 0.3) is 5.91 Å². The molecule has 2 fully saturated rings. The van der Waals surface area contributed by atoms with Crippen molar-refractivity contribution in [2.75, 3.05) is 0 Å². The van der Waals surface area contributed by atoms with E-state index in [0.29, 0.717) is 0 Å². The molecule has 1 unspecified atom stereocenters. The third kappa shape index (κ3) is 2.99. The van der Waals surface area contributed by atoms with Gasteiger partial charge in [-0.1, -0.05) is 52.4 Å². The molecular formula is C14H19BrINO7S. The van der Waals surface area contributed by atoms with Crippen LogP contribution in [0.15, 0.2) is 0 Å². The van der Waals surface area contributed by atoms with E-state index in [0.717, 1.165) is 4.90 Å². The molecular weight excluding hydrogens is 533 g/mol. The number of alkyl halides is 2. The molecule has 4 atom stereocenters. The summed E-state index contributed by atoms with van der Waals surface area (Å²) >= 11 is 4.85. The van der Waals surface area contributed by atoms with Crippen molar-refractivity contribution < 1.29 is 32.3 Å². The Morgan fingerprint density at radius 2 is 1.76 bits per heavy atom. The van der Waals surface area contributed by atoms with Crippen LogP contribution in [0.5, 0.6) is 0 Å². The minimum absolute atomic E-state index is 0.404. The summed E-state index contributed by atoms with van der Waals surface area (Å²) in [6.45, 7) is 7.37. The van der Waals surface area contributed by atoms with Gasteiger partial charge in [0.1, 0.15) is 10.8 Å². The van der Waals surface area contributed by atoms with Gasteiger partial charge in [-0.3, -0.25) is 9.59 Å². The molecule has 25 heavy (non-hydrogen) atoms. The number of carbonyl (C=O) groups excluding carboxylic acids is 3. The molecule has 0 aromatic carbocycles. The number of esters is 2. The smallest absolute Gasteiger partial charge is 0.333 e. The highest BCUT2D eigenvalue weighted by atomic mass is 127. The van der Waals surface area contributed by atoms with E-state index in [9.17, 15) is 22.8 Å². The van der Waals surface area contributed by atoms with E-state index in [1.807, 2.05) is 0 Å². The lowest BCUT2D eigenvalue weighted by atomic mass is 9.98. The number of ether oxygens (including phenoxy) is 2. The fraction of sp³-hybridized carbons (Fsp3) is 0.786. The van der Waals surface area contributed by atoms with Gasteiger partial charge in [-0.2, -0.15) is 0 Å². The van der Waals surface area contributed by atoms with Crippen molar-refractivity contribution in [3.05, 3.63) is 0 Å². The van der Waals surface area contributed by atoms with E-state index < -0.39 is 58.4 Å². The number of fused-ring (bicyclic) bond motifs is 1. The average Bonchev–Trinajstić information content (AvgIpc) is 2.60. The van der Waals surface area contributed by atoms with Crippen LogP contribution >= 0.6 is 38.5 Å². The number of rotatable bonds is 4. The summed E-state index contributed by atoms with van der Waals surface area (Å²) in [5.74, 6) is -2.39. The number of hydrogen-bond donors (Lipinski definition) is 0. The van der Waals surface area contributed by atoms with Gasteiger partial charge in [0.15, 0.2) is 17.5 Å². The Hall–Kier alpha value is -0.430.